The minimum atomic E-state index is -1.48. The molecule has 0 spiro atoms. The maximum atomic E-state index is 5.95. The fourth-order valence-corrected chi connectivity index (χ4v) is 7.01. The quantitative estimate of drug-likeness (QED) is 0.617. The van der Waals surface area contributed by atoms with Gasteiger partial charge in [0.2, 0.25) is 0 Å². The summed E-state index contributed by atoms with van der Waals surface area (Å²) in [5, 5.41) is 0. The second-order valence-electron chi connectivity index (χ2n) is 5.67. The Morgan fingerprint density at radius 1 is 1.21 bits per heavy atom. The molecule has 0 heterocycles. The normalized spacial score (nSPS) is 19.1. The Balaban J connectivity index is 4.70. The van der Waals surface area contributed by atoms with Crippen LogP contribution in [0, 0.1) is 5.41 Å². The van der Waals surface area contributed by atoms with Gasteiger partial charge in [0.25, 0.3) is 0 Å². The van der Waals surface area contributed by atoms with Crippen LogP contribution in [0.25, 0.3) is 0 Å². The van der Waals surface area contributed by atoms with E-state index in [1.54, 1.807) is 0 Å². The van der Waals surface area contributed by atoms with Crippen LogP contribution < -0.4 is 0 Å². The Labute approximate surface area is 91.4 Å². The summed E-state index contributed by atoms with van der Waals surface area (Å²) in [7, 11) is 0.442. The van der Waals surface area contributed by atoms with Gasteiger partial charge in [0.05, 0.1) is 0 Å². The third-order valence-electron chi connectivity index (χ3n) is 3.35. The lowest BCUT2D eigenvalue weighted by Gasteiger charge is -2.39. The first-order valence-electron chi connectivity index (χ1n) is 5.86. The molecule has 0 saturated carbocycles. The van der Waals surface area contributed by atoms with Crippen LogP contribution in [0.5, 0.6) is 0 Å². The predicted molar refractivity (Wildman–Crippen MR) is 67.2 cm³/mol. The first-order valence-corrected chi connectivity index (χ1v) is 8.26. The molecule has 0 aliphatic rings. The summed E-state index contributed by atoms with van der Waals surface area (Å²) >= 11 is 0. The highest BCUT2D eigenvalue weighted by Gasteiger charge is 2.40. The van der Waals surface area contributed by atoms with E-state index in [1.165, 1.54) is 18.5 Å². The summed E-state index contributed by atoms with van der Waals surface area (Å²) in [6.45, 7) is 13.9. The molecule has 0 bridgehead atoms. The van der Waals surface area contributed by atoms with Gasteiger partial charge in [-0.2, -0.15) is 0 Å². The van der Waals surface area contributed by atoms with Crippen molar-refractivity contribution in [3.8, 4) is 0 Å². The highest BCUT2D eigenvalue weighted by molar-refractivity contribution is 6.75. The third kappa shape index (κ3) is 3.74. The van der Waals surface area contributed by atoms with E-state index < -0.39 is 8.32 Å². The van der Waals surface area contributed by atoms with Crippen LogP contribution in [0.4, 0.5) is 0 Å². The van der Waals surface area contributed by atoms with Gasteiger partial charge < -0.3 is 4.43 Å². The first-order chi connectivity index (χ1) is 6.31. The zero-order chi connectivity index (χ0) is 11.4. The van der Waals surface area contributed by atoms with E-state index in [-0.39, 0.29) is 0 Å². The predicted octanol–water partition coefficient (Wildman–Crippen LogP) is 4.44. The molecule has 2 atom stereocenters. The summed E-state index contributed by atoms with van der Waals surface area (Å²) < 4.78 is 5.95. The van der Waals surface area contributed by atoms with Crippen LogP contribution >= 0.6 is 0 Å². The highest BCUT2D eigenvalue weighted by Crippen LogP contribution is 2.39. The van der Waals surface area contributed by atoms with Crippen molar-refractivity contribution < 1.29 is 4.43 Å². The topological polar surface area (TPSA) is 9.23 Å². The SMILES string of the molecule is CCC(C)[Si](CC)(CC(C)(C)C)OC. The molecule has 0 aromatic carbocycles. The maximum absolute atomic E-state index is 5.95. The lowest BCUT2D eigenvalue weighted by molar-refractivity contribution is 0.342. The van der Waals surface area contributed by atoms with Crippen molar-refractivity contribution >= 4 is 8.32 Å². The summed E-state index contributed by atoms with van der Waals surface area (Å²) in [6, 6.07) is 2.53. The standard InChI is InChI=1S/C12H28OSi/c1-8-11(3)14(9-2,13-7)10-12(4,5)6/h11H,8-10H2,1-7H3. The van der Waals surface area contributed by atoms with Crippen LogP contribution in [0.1, 0.15) is 48.0 Å². The van der Waals surface area contributed by atoms with Gasteiger partial charge in [-0.05, 0) is 23.0 Å². The Hall–Kier alpha value is 0.177. The summed E-state index contributed by atoms with van der Waals surface area (Å²) in [6.07, 6.45) is 1.25. The molecular formula is C12H28OSi. The summed E-state index contributed by atoms with van der Waals surface area (Å²) in [4.78, 5) is 0. The van der Waals surface area contributed by atoms with E-state index in [0.717, 1.165) is 5.54 Å². The third-order valence-corrected chi connectivity index (χ3v) is 9.22. The molecule has 0 fully saturated rings. The van der Waals surface area contributed by atoms with Crippen molar-refractivity contribution in [2.75, 3.05) is 7.11 Å². The molecule has 0 aliphatic heterocycles. The van der Waals surface area contributed by atoms with Gasteiger partial charge in [-0.15, -0.1) is 0 Å². The molecule has 0 aromatic rings. The van der Waals surface area contributed by atoms with Crippen molar-refractivity contribution in [2.45, 2.75) is 65.6 Å². The van der Waals surface area contributed by atoms with Crippen molar-refractivity contribution in [3.05, 3.63) is 0 Å². The maximum Gasteiger partial charge on any atom is 0.195 e. The molecule has 14 heavy (non-hydrogen) atoms. The molecule has 0 rings (SSSR count). The molecule has 0 saturated heterocycles. The molecular weight excluding hydrogens is 188 g/mol. The molecule has 0 N–H and O–H groups in total. The second-order valence-corrected chi connectivity index (χ2v) is 10.3. The van der Waals surface area contributed by atoms with Crippen molar-refractivity contribution in [2.24, 2.45) is 5.41 Å². The average molecular weight is 216 g/mol. The zero-order valence-corrected chi connectivity index (χ0v) is 12.1. The average Bonchev–Trinajstić information content (AvgIpc) is 2.11. The molecule has 0 radical (unpaired) electrons. The fourth-order valence-electron chi connectivity index (χ4n) is 2.34. The monoisotopic (exact) mass is 216 g/mol. The van der Waals surface area contributed by atoms with Crippen molar-refractivity contribution in [3.63, 3.8) is 0 Å². The van der Waals surface area contributed by atoms with Gasteiger partial charge in [0.1, 0.15) is 0 Å². The molecule has 0 aliphatic carbocycles. The molecule has 2 unspecified atom stereocenters. The minimum absolute atomic E-state index is 0.404. The fraction of sp³-hybridized carbons (Fsp3) is 1.00. The van der Waals surface area contributed by atoms with Crippen LogP contribution in [0.2, 0.25) is 17.6 Å². The number of rotatable bonds is 5. The van der Waals surface area contributed by atoms with Crippen molar-refractivity contribution in [1.29, 1.82) is 0 Å². The number of hydrogen-bond donors (Lipinski definition) is 0. The Bertz CT molecular complexity index is 156. The van der Waals surface area contributed by atoms with Crippen LogP contribution in [-0.2, 0) is 4.43 Å². The van der Waals surface area contributed by atoms with E-state index in [2.05, 4.69) is 41.5 Å². The van der Waals surface area contributed by atoms with Crippen LogP contribution in [0.3, 0.4) is 0 Å². The lowest BCUT2D eigenvalue weighted by Crippen LogP contribution is -2.43. The molecule has 1 nitrogen and oxygen atoms in total. The van der Waals surface area contributed by atoms with Gasteiger partial charge in [0, 0.05) is 7.11 Å². The Morgan fingerprint density at radius 3 is 1.93 bits per heavy atom. The van der Waals surface area contributed by atoms with E-state index >= 15 is 0 Å². The van der Waals surface area contributed by atoms with E-state index in [0.29, 0.717) is 5.41 Å². The largest absolute Gasteiger partial charge is 0.420 e. The highest BCUT2D eigenvalue weighted by atomic mass is 28.4. The molecule has 0 amide bonds. The Morgan fingerprint density at radius 2 is 1.71 bits per heavy atom. The van der Waals surface area contributed by atoms with Gasteiger partial charge in [-0.1, -0.05) is 48.0 Å². The van der Waals surface area contributed by atoms with Crippen LogP contribution in [0.15, 0.2) is 0 Å². The van der Waals surface area contributed by atoms with Crippen molar-refractivity contribution in [1.82, 2.24) is 0 Å². The summed E-state index contributed by atoms with van der Waals surface area (Å²) in [5.41, 5.74) is 1.18. The first kappa shape index (κ1) is 14.2. The van der Waals surface area contributed by atoms with E-state index in [1.807, 2.05) is 7.11 Å². The number of hydrogen-bond acceptors (Lipinski definition) is 1. The summed E-state index contributed by atoms with van der Waals surface area (Å²) in [5.74, 6) is 0. The lowest BCUT2D eigenvalue weighted by atomic mass is 10.0. The van der Waals surface area contributed by atoms with Gasteiger partial charge in [-0.25, -0.2) is 0 Å². The van der Waals surface area contributed by atoms with Crippen LogP contribution in [-0.4, -0.2) is 15.4 Å². The molecule has 0 aromatic heterocycles. The smallest absolute Gasteiger partial charge is 0.195 e. The van der Waals surface area contributed by atoms with Gasteiger partial charge in [0.15, 0.2) is 8.32 Å². The van der Waals surface area contributed by atoms with E-state index in [4.69, 9.17) is 4.43 Å². The minimum Gasteiger partial charge on any atom is -0.420 e. The zero-order valence-electron chi connectivity index (χ0n) is 11.1. The molecule has 2 heteroatoms. The van der Waals surface area contributed by atoms with Gasteiger partial charge >= 0.3 is 0 Å². The Kier molecular flexibility index (Phi) is 5.38. The second kappa shape index (κ2) is 5.31. The molecule has 86 valence electrons. The van der Waals surface area contributed by atoms with E-state index in [9.17, 15) is 0 Å². The van der Waals surface area contributed by atoms with Gasteiger partial charge in [-0.3, -0.25) is 0 Å².